The number of nitrogens with zero attached hydrogens (tertiary/aromatic N) is 2. The Morgan fingerprint density at radius 2 is 1.96 bits per heavy atom. The molecule has 1 aromatic heterocycles. The summed E-state index contributed by atoms with van der Waals surface area (Å²) in [6.45, 7) is 0.659. The second-order valence-corrected chi connectivity index (χ2v) is 5.67. The fourth-order valence-corrected chi connectivity index (χ4v) is 2.91. The quantitative estimate of drug-likeness (QED) is 0.734. The zero-order chi connectivity index (χ0) is 16.2. The van der Waals surface area contributed by atoms with Gasteiger partial charge in [0.1, 0.15) is 11.3 Å². The van der Waals surface area contributed by atoms with Gasteiger partial charge in [0.25, 0.3) is 0 Å². The summed E-state index contributed by atoms with van der Waals surface area (Å²) in [7, 11) is 1.98. The molecule has 3 rings (SSSR count). The van der Waals surface area contributed by atoms with Crippen molar-refractivity contribution in [3.8, 4) is 0 Å². The summed E-state index contributed by atoms with van der Waals surface area (Å²) >= 11 is 0. The Morgan fingerprint density at radius 1 is 1.17 bits per heavy atom. The van der Waals surface area contributed by atoms with Gasteiger partial charge in [-0.25, -0.2) is 9.37 Å². The maximum absolute atomic E-state index is 13.8. The van der Waals surface area contributed by atoms with Crippen molar-refractivity contribution in [2.75, 3.05) is 13.7 Å². The number of aromatic nitrogens is 2. The van der Waals surface area contributed by atoms with Gasteiger partial charge in [-0.05, 0) is 31.2 Å². The number of aromatic amines is 1. The van der Waals surface area contributed by atoms with Gasteiger partial charge in [-0.15, -0.1) is 0 Å². The van der Waals surface area contributed by atoms with E-state index in [1.807, 2.05) is 31.3 Å². The molecule has 2 N–H and O–H groups in total. The molecule has 0 saturated carbocycles. The minimum atomic E-state index is -0.317. The molecule has 120 valence electrons. The van der Waals surface area contributed by atoms with E-state index in [0.29, 0.717) is 29.8 Å². The number of aliphatic hydroxyl groups excluding tert-OH is 1. The van der Waals surface area contributed by atoms with Crippen molar-refractivity contribution in [2.24, 2.45) is 0 Å². The summed E-state index contributed by atoms with van der Waals surface area (Å²) in [5.41, 5.74) is 2.22. The maximum atomic E-state index is 13.8. The van der Waals surface area contributed by atoms with Gasteiger partial charge in [-0.2, -0.15) is 0 Å². The third kappa shape index (κ3) is 3.41. The van der Waals surface area contributed by atoms with Crippen molar-refractivity contribution in [3.05, 3.63) is 65.7 Å². The van der Waals surface area contributed by atoms with E-state index in [9.17, 15) is 9.50 Å². The van der Waals surface area contributed by atoms with Crippen LogP contribution in [0.4, 0.5) is 4.39 Å². The SMILES string of the molecule is CN(Cc1nc2c(F)cccc2[nH]1)[C@H](CCO)c1ccccc1. The summed E-state index contributed by atoms with van der Waals surface area (Å²) in [4.78, 5) is 9.63. The van der Waals surface area contributed by atoms with Crippen LogP contribution in [-0.4, -0.2) is 33.6 Å². The monoisotopic (exact) mass is 313 g/mol. The molecule has 0 fully saturated rings. The maximum Gasteiger partial charge on any atom is 0.151 e. The molecule has 1 atom stereocenters. The van der Waals surface area contributed by atoms with E-state index in [4.69, 9.17) is 0 Å². The molecular formula is C18H20FN3O. The van der Waals surface area contributed by atoms with Gasteiger partial charge in [0.2, 0.25) is 0 Å². The Morgan fingerprint density at radius 3 is 2.65 bits per heavy atom. The second-order valence-electron chi connectivity index (χ2n) is 5.67. The van der Waals surface area contributed by atoms with E-state index >= 15 is 0 Å². The largest absolute Gasteiger partial charge is 0.396 e. The Hall–Kier alpha value is -2.24. The second kappa shape index (κ2) is 6.89. The number of H-pyrrole nitrogens is 1. The van der Waals surface area contributed by atoms with Crippen LogP contribution in [0.1, 0.15) is 23.9 Å². The van der Waals surface area contributed by atoms with Crippen LogP contribution >= 0.6 is 0 Å². The van der Waals surface area contributed by atoms with Crippen LogP contribution in [0.2, 0.25) is 0 Å². The molecule has 5 heteroatoms. The summed E-state index contributed by atoms with van der Waals surface area (Å²) in [5.74, 6) is 0.397. The van der Waals surface area contributed by atoms with Crippen molar-refractivity contribution >= 4 is 11.0 Å². The fraction of sp³-hybridized carbons (Fsp3) is 0.278. The number of hydrogen-bond acceptors (Lipinski definition) is 3. The van der Waals surface area contributed by atoms with Crippen LogP contribution in [0.15, 0.2) is 48.5 Å². The highest BCUT2D eigenvalue weighted by atomic mass is 19.1. The number of rotatable bonds is 6. The molecule has 0 radical (unpaired) electrons. The molecule has 0 unspecified atom stereocenters. The van der Waals surface area contributed by atoms with Crippen LogP contribution in [-0.2, 0) is 6.54 Å². The van der Waals surface area contributed by atoms with Gasteiger partial charge in [0.05, 0.1) is 12.1 Å². The molecule has 3 aromatic rings. The predicted molar refractivity (Wildman–Crippen MR) is 88.4 cm³/mol. The Balaban J connectivity index is 1.82. The molecule has 0 bridgehead atoms. The van der Waals surface area contributed by atoms with Crippen molar-refractivity contribution in [3.63, 3.8) is 0 Å². The summed E-state index contributed by atoms with van der Waals surface area (Å²) in [6, 6.07) is 15.0. The van der Waals surface area contributed by atoms with Crippen LogP contribution in [0.5, 0.6) is 0 Å². The number of para-hydroxylation sites is 1. The minimum Gasteiger partial charge on any atom is -0.396 e. The smallest absolute Gasteiger partial charge is 0.151 e. The van der Waals surface area contributed by atoms with Gasteiger partial charge in [-0.1, -0.05) is 36.4 Å². The fourth-order valence-electron chi connectivity index (χ4n) is 2.91. The molecule has 0 aliphatic rings. The van der Waals surface area contributed by atoms with Gasteiger partial charge < -0.3 is 10.1 Å². The molecule has 2 aromatic carbocycles. The Labute approximate surface area is 134 Å². The summed E-state index contributed by atoms with van der Waals surface area (Å²) in [6.07, 6.45) is 0.634. The number of aliphatic hydroxyl groups is 1. The van der Waals surface area contributed by atoms with Gasteiger partial charge in [0.15, 0.2) is 5.82 Å². The van der Waals surface area contributed by atoms with Gasteiger partial charge in [0, 0.05) is 12.6 Å². The number of hydrogen-bond donors (Lipinski definition) is 2. The molecule has 1 heterocycles. The Kier molecular flexibility index (Phi) is 4.69. The zero-order valence-corrected chi connectivity index (χ0v) is 13.0. The van der Waals surface area contributed by atoms with Gasteiger partial charge >= 0.3 is 0 Å². The number of nitrogens with one attached hydrogen (secondary N) is 1. The van der Waals surface area contributed by atoms with Crippen molar-refractivity contribution < 1.29 is 9.50 Å². The first kappa shape index (κ1) is 15.6. The molecule has 4 nitrogen and oxygen atoms in total. The third-order valence-corrected chi connectivity index (χ3v) is 4.03. The van der Waals surface area contributed by atoms with Gasteiger partial charge in [-0.3, -0.25) is 4.90 Å². The van der Waals surface area contributed by atoms with E-state index in [1.54, 1.807) is 6.07 Å². The Bertz CT molecular complexity index is 772. The highest BCUT2D eigenvalue weighted by molar-refractivity contribution is 5.75. The lowest BCUT2D eigenvalue weighted by Crippen LogP contribution is -2.25. The lowest BCUT2D eigenvalue weighted by molar-refractivity contribution is 0.177. The standard InChI is InChI=1S/C18H20FN3O/c1-22(16(10-11-23)13-6-3-2-4-7-13)12-17-20-15-9-5-8-14(19)18(15)21-17/h2-9,16,23H,10-12H2,1H3,(H,20,21)/t16-/m1/s1. The molecule has 23 heavy (non-hydrogen) atoms. The number of fused-ring (bicyclic) bond motifs is 1. The number of halogens is 1. The van der Waals surface area contributed by atoms with Crippen molar-refractivity contribution in [1.29, 1.82) is 0 Å². The summed E-state index contributed by atoms with van der Waals surface area (Å²) < 4.78 is 13.8. The normalized spacial score (nSPS) is 12.9. The zero-order valence-electron chi connectivity index (χ0n) is 13.0. The average Bonchev–Trinajstić information content (AvgIpc) is 2.97. The first-order chi connectivity index (χ1) is 11.2. The first-order valence-electron chi connectivity index (χ1n) is 7.68. The number of imidazole rings is 1. The lowest BCUT2D eigenvalue weighted by Gasteiger charge is -2.27. The lowest BCUT2D eigenvalue weighted by atomic mass is 10.0. The van der Waals surface area contributed by atoms with E-state index < -0.39 is 0 Å². The molecule has 0 aliphatic heterocycles. The van der Waals surface area contributed by atoms with Crippen LogP contribution < -0.4 is 0 Å². The topological polar surface area (TPSA) is 52.2 Å². The van der Waals surface area contributed by atoms with Crippen LogP contribution in [0.3, 0.4) is 0 Å². The highest BCUT2D eigenvalue weighted by Gasteiger charge is 2.18. The highest BCUT2D eigenvalue weighted by Crippen LogP contribution is 2.24. The van der Waals surface area contributed by atoms with Crippen molar-refractivity contribution in [1.82, 2.24) is 14.9 Å². The molecule has 0 saturated heterocycles. The van der Waals surface area contributed by atoms with Crippen molar-refractivity contribution in [2.45, 2.75) is 19.0 Å². The molecule has 0 aliphatic carbocycles. The van der Waals surface area contributed by atoms with Crippen LogP contribution in [0.25, 0.3) is 11.0 Å². The third-order valence-electron chi connectivity index (χ3n) is 4.03. The van der Waals surface area contributed by atoms with E-state index in [0.717, 1.165) is 5.56 Å². The van der Waals surface area contributed by atoms with E-state index in [-0.39, 0.29) is 18.5 Å². The minimum absolute atomic E-state index is 0.0826. The van der Waals surface area contributed by atoms with E-state index in [1.165, 1.54) is 6.07 Å². The molecule has 0 spiro atoms. The molecule has 0 amide bonds. The predicted octanol–water partition coefficient (Wildman–Crippen LogP) is 3.26. The number of benzene rings is 2. The first-order valence-corrected chi connectivity index (χ1v) is 7.68. The van der Waals surface area contributed by atoms with Crippen LogP contribution in [0, 0.1) is 5.82 Å². The summed E-state index contributed by atoms with van der Waals surface area (Å²) in [5, 5.41) is 9.36. The average molecular weight is 313 g/mol. The molecular weight excluding hydrogens is 293 g/mol. The van der Waals surface area contributed by atoms with E-state index in [2.05, 4.69) is 27.0 Å².